The average molecular weight is 671 g/mol. The highest BCUT2D eigenvalue weighted by Gasteiger charge is 2.32. The average Bonchev–Trinajstić information content (AvgIpc) is 3.60. The quantitative estimate of drug-likeness (QED) is 0.0724. The molecule has 0 spiro atoms. The number of allylic oxidation sites excluding steroid dienone is 2. The van der Waals surface area contributed by atoms with E-state index in [1.807, 2.05) is 24.3 Å². The Hall–Kier alpha value is -5.43. The van der Waals surface area contributed by atoms with Gasteiger partial charge in [-0.2, -0.15) is 4.57 Å². The zero-order valence-electron chi connectivity index (χ0n) is 28.9. The van der Waals surface area contributed by atoms with Crippen LogP contribution in [0.2, 0.25) is 0 Å². The van der Waals surface area contributed by atoms with E-state index in [2.05, 4.69) is 60.3 Å². The van der Waals surface area contributed by atoms with Gasteiger partial charge in [0.25, 0.3) is 0 Å². The molecule has 3 heterocycles. The SMILES string of the molecule is C=CCc1ccc(OCCCCCc2c3[n+](cc4c(OC)c(OC)ccc24)CCc2cc4c(cc2-3)OCO4)c(-c2ccc(O)c(CC=C)c2)c1. The molecule has 0 amide bonds. The van der Waals surface area contributed by atoms with E-state index in [1.165, 1.54) is 27.8 Å². The van der Waals surface area contributed by atoms with E-state index >= 15 is 0 Å². The summed E-state index contributed by atoms with van der Waals surface area (Å²) in [5.74, 6) is 4.22. The number of aromatic nitrogens is 1. The summed E-state index contributed by atoms with van der Waals surface area (Å²) in [7, 11) is 3.39. The molecule has 7 heteroatoms. The molecular formula is C43H44NO6+. The molecule has 0 atom stereocenters. The molecule has 50 heavy (non-hydrogen) atoms. The van der Waals surface area contributed by atoms with Crippen LogP contribution in [0.3, 0.4) is 0 Å². The normalized spacial score (nSPS) is 12.7. The Bertz CT molecular complexity index is 2080. The van der Waals surface area contributed by atoms with Crippen LogP contribution in [-0.2, 0) is 32.2 Å². The number of rotatable bonds is 14. The van der Waals surface area contributed by atoms with Crippen LogP contribution < -0.4 is 28.3 Å². The van der Waals surface area contributed by atoms with Gasteiger partial charge in [-0.05, 0) is 109 Å². The van der Waals surface area contributed by atoms with Crippen molar-refractivity contribution in [3.63, 3.8) is 0 Å². The van der Waals surface area contributed by atoms with Gasteiger partial charge in [0.05, 0.1) is 31.8 Å². The smallest absolute Gasteiger partial charge is 0.231 e. The second kappa shape index (κ2) is 14.6. The molecule has 256 valence electrons. The van der Waals surface area contributed by atoms with Gasteiger partial charge in [0.2, 0.25) is 12.5 Å². The summed E-state index contributed by atoms with van der Waals surface area (Å²) in [6, 6.07) is 20.5. The number of unbranched alkanes of at least 4 members (excludes halogenated alkanes) is 2. The van der Waals surface area contributed by atoms with Gasteiger partial charge in [-0.1, -0.05) is 24.3 Å². The van der Waals surface area contributed by atoms with E-state index in [9.17, 15) is 5.11 Å². The molecule has 7 nitrogen and oxygen atoms in total. The minimum Gasteiger partial charge on any atom is -0.508 e. The van der Waals surface area contributed by atoms with Gasteiger partial charge in [-0.25, -0.2) is 0 Å². The van der Waals surface area contributed by atoms with Crippen molar-refractivity contribution in [2.24, 2.45) is 0 Å². The number of hydrogen-bond acceptors (Lipinski definition) is 6. The van der Waals surface area contributed by atoms with E-state index in [-0.39, 0.29) is 12.5 Å². The first kappa shape index (κ1) is 33.1. The number of aryl methyl sites for hydroxylation is 3. The highest BCUT2D eigenvalue weighted by Crippen LogP contribution is 2.44. The molecule has 1 aromatic heterocycles. The topological polar surface area (TPSA) is 70.3 Å². The van der Waals surface area contributed by atoms with Crippen LogP contribution in [0.25, 0.3) is 33.2 Å². The minimum atomic E-state index is 0.258. The highest BCUT2D eigenvalue weighted by atomic mass is 16.7. The fourth-order valence-corrected chi connectivity index (χ4v) is 7.32. The molecule has 0 fully saturated rings. The number of fused-ring (bicyclic) bond motifs is 5. The van der Waals surface area contributed by atoms with E-state index in [0.717, 1.165) is 101 Å². The summed E-state index contributed by atoms with van der Waals surface area (Å²) in [5, 5.41) is 12.6. The number of pyridine rings is 1. The Kier molecular flexibility index (Phi) is 9.65. The molecule has 1 N–H and O–H groups in total. The molecule has 2 aliphatic rings. The number of phenolic OH excluding ortho intramolecular Hbond substituents is 1. The maximum absolute atomic E-state index is 10.4. The van der Waals surface area contributed by atoms with Crippen LogP contribution in [0.5, 0.6) is 34.5 Å². The Balaban J connectivity index is 1.12. The monoisotopic (exact) mass is 670 g/mol. The van der Waals surface area contributed by atoms with Crippen molar-refractivity contribution in [1.29, 1.82) is 0 Å². The van der Waals surface area contributed by atoms with Gasteiger partial charge >= 0.3 is 0 Å². The lowest BCUT2D eigenvalue weighted by molar-refractivity contribution is -0.686. The van der Waals surface area contributed by atoms with Crippen molar-refractivity contribution in [3.05, 3.63) is 114 Å². The number of ether oxygens (including phenoxy) is 5. The Morgan fingerprint density at radius 1 is 0.820 bits per heavy atom. The molecule has 0 saturated heterocycles. The Labute approximate surface area is 294 Å². The highest BCUT2D eigenvalue weighted by molar-refractivity contribution is 5.95. The first-order chi connectivity index (χ1) is 24.5. The third-order valence-electron chi connectivity index (χ3n) is 9.75. The second-order valence-corrected chi connectivity index (χ2v) is 12.8. The van der Waals surface area contributed by atoms with Crippen molar-refractivity contribution in [3.8, 4) is 56.9 Å². The van der Waals surface area contributed by atoms with Crippen molar-refractivity contribution in [2.45, 2.75) is 51.5 Å². The molecule has 0 unspecified atom stereocenters. The maximum Gasteiger partial charge on any atom is 0.231 e. The predicted octanol–water partition coefficient (Wildman–Crippen LogP) is 8.72. The maximum atomic E-state index is 10.4. The molecule has 0 saturated carbocycles. The molecule has 5 aromatic rings. The molecule has 0 bridgehead atoms. The summed E-state index contributed by atoms with van der Waals surface area (Å²) in [4.78, 5) is 0. The Morgan fingerprint density at radius 3 is 2.44 bits per heavy atom. The predicted molar refractivity (Wildman–Crippen MR) is 197 cm³/mol. The molecule has 0 radical (unpaired) electrons. The summed E-state index contributed by atoms with van der Waals surface area (Å²) in [6.45, 7) is 9.48. The van der Waals surface area contributed by atoms with Gasteiger partial charge < -0.3 is 28.8 Å². The fourth-order valence-electron chi connectivity index (χ4n) is 7.32. The first-order valence-electron chi connectivity index (χ1n) is 17.4. The van der Waals surface area contributed by atoms with Crippen LogP contribution in [0, 0.1) is 0 Å². The van der Waals surface area contributed by atoms with Crippen LogP contribution >= 0.6 is 0 Å². The lowest BCUT2D eigenvalue weighted by atomic mass is 9.89. The van der Waals surface area contributed by atoms with Crippen LogP contribution in [0.15, 0.2) is 92.2 Å². The summed E-state index contributed by atoms with van der Waals surface area (Å²) in [6.07, 6.45) is 12.0. The van der Waals surface area contributed by atoms with Gasteiger partial charge in [0.15, 0.2) is 35.7 Å². The van der Waals surface area contributed by atoms with Gasteiger partial charge in [0.1, 0.15) is 11.5 Å². The second-order valence-electron chi connectivity index (χ2n) is 12.8. The van der Waals surface area contributed by atoms with Crippen molar-refractivity contribution in [1.82, 2.24) is 0 Å². The Morgan fingerprint density at radius 2 is 1.64 bits per heavy atom. The molecule has 2 aliphatic heterocycles. The lowest BCUT2D eigenvalue weighted by Gasteiger charge is -2.21. The fraction of sp³-hybridized carbons (Fsp3) is 0.279. The standard InChI is InChI=1S/C43H43NO6/c1-5-10-28-13-17-38(34(22-28)29-14-16-37(45)31(23-29)11-6-2)48-21-9-7-8-12-33-32-15-18-39(46-3)43(47-4)36(32)26-44-20-19-30-24-40-41(50-27-49-40)25-35(30)42(33)44/h5-6,13-18,22-26H,1-2,7-12,19-21,27H2,3-4H3/p+1. The van der Waals surface area contributed by atoms with Gasteiger partial charge in [-0.15, -0.1) is 13.2 Å². The summed E-state index contributed by atoms with van der Waals surface area (Å²) < 4.78 is 31.9. The van der Waals surface area contributed by atoms with Crippen molar-refractivity contribution < 1.29 is 33.4 Å². The molecule has 7 rings (SSSR count). The first-order valence-corrected chi connectivity index (χ1v) is 17.4. The number of benzene rings is 4. The number of methoxy groups -OCH3 is 2. The molecule has 4 aromatic carbocycles. The number of hydrogen-bond donors (Lipinski definition) is 1. The van der Waals surface area contributed by atoms with Crippen molar-refractivity contribution >= 4 is 10.8 Å². The van der Waals surface area contributed by atoms with Crippen molar-refractivity contribution in [2.75, 3.05) is 27.6 Å². The summed E-state index contributed by atoms with van der Waals surface area (Å²) in [5.41, 5.74) is 9.04. The summed E-state index contributed by atoms with van der Waals surface area (Å²) >= 11 is 0. The van der Waals surface area contributed by atoms with Crippen LogP contribution in [0.1, 0.15) is 41.5 Å². The largest absolute Gasteiger partial charge is 0.508 e. The number of phenols is 1. The van der Waals surface area contributed by atoms with Crippen LogP contribution in [-0.4, -0.2) is 32.7 Å². The zero-order chi connectivity index (χ0) is 34.6. The van der Waals surface area contributed by atoms with Gasteiger partial charge in [-0.3, -0.25) is 0 Å². The third kappa shape index (κ3) is 6.36. The number of aromatic hydroxyl groups is 1. The van der Waals surface area contributed by atoms with E-state index < -0.39 is 0 Å². The molecular weight excluding hydrogens is 626 g/mol. The van der Waals surface area contributed by atoms with Crippen LogP contribution in [0.4, 0.5) is 0 Å². The zero-order valence-corrected chi connectivity index (χ0v) is 28.9. The van der Waals surface area contributed by atoms with Gasteiger partial charge in [0, 0.05) is 22.9 Å². The van der Waals surface area contributed by atoms with E-state index in [0.29, 0.717) is 13.0 Å². The minimum absolute atomic E-state index is 0.258. The number of nitrogens with zero attached hydrogens (tertiary/aromatic N) is 1. The lowest BCUT2D eigenvalue weighted by Crippen LogP contribution is -2.41. The van der Waals surface area contributed by atoms with E-state index in [1.54, 1.807) is 26.4 Å². The third-order valence-corrected chi connectivity index (χ3v) is 9.75. The molecule has 0 aliphatic carbocycles. The van der Waals surface area contributed by atoms with E-state index in [4.69, 9.17) is 23.7 Å².